The van der Waals surface area contributed by atoms with Crippen molar-refractivity contribution in [1.82, 2.24) is 10.2 Å². The van der Waals surface area contributed by atoms with Gasteiger partial charge in [0.2, 0.25) is 5.91 Å². The molecule has 0 spiro atoms. The van der Waals surface area contributed by atoms with Gasteiger partial charge in [-0.25, -0.2) is 0 Å². The third-order valence-electron chi connectivity index (χ3n) is 4.79. The minimum absolute atomic E-state index is 0.0422. The highest BCUT2D eigenvalue weighted by Crippen LogP contribution is 2.31. The smallest absolute Gasteiger partial charge is 0.227 e. The van der Waals surface area contributed by atoms with Gasteiger partial charge >= 0.3 is 0 Å². The van der Waals surface area contributed by atoms with Gasteiger partial charge in [0.25, 0.3) is 0 Å². The fourth-order valence-electron chi connectivity index (χ4n) is 3.28. The van der Waals surface area contributed by atoms with Gasteiger partial charge in [0.05, 0.1) is 24.2 Å². The number of carbonyl (C=O) groups excluding carboxylic acids is 1. The van der Waals surface area contributed by atoms with Gasteiger partial charge in [0.1, 0.15) is 0 Å². The van der Waals surface area contributed by atoms with Gasteiger partial charge in [0, 0.05) is 32.8 Å². The molecular formula is C20H29N3O2. The molecule has 2 rings (SSSR count). The SMILES string of the molecule is COCCN[C@H](c1ccc(C#N)cc1)[C@@H]1CCN(CCC(C)C)C1=O. The first-order chi connectivity index (χ1) is 12.1. The summed E-state index contributed by atoms with van der Waals surface area (Å²) in [4.78, 5) is 14.9. The van der Waals surface area contributed by atoms with Gasteiger partial charge in [-0.2, -0.15) is 5.26 Å². The number of ether oxygens (including phenoxy) is 1. The molecule has 0 saturated carbocycles. The van der Waals surface area contributed by atoms with E-state index in [1.165, 1.54) is 0 Å². The van der Waals surface area contributed by atoms with Crippen LogP contribution < -0.4 is 5.32 Å². The highest BCUT2D eigenvalue weighted by atomic mass is 16.5. The second-order valence-corrected chi connectivity index (χ2v) is 7.06. The number of rotatable bonds is 9. The number of hydrogen-bond acceptors (Lipinski definition) is 4. The average molecular weight is 343 g/mol. The van der Waals surface area contributed by atoms with E-state index in [0.717, 1.165) is 31.5 Å². The molecular weight excluding hydrogens is 314 g/mol. The summed E-state index contributed by atoms with van der Waals surface area (Å²) >= 11 is 0. The quantitative estimate of drug-likeness (QED) is 0.700. The first-order valence-electron chi connectivity index (χ1n) is 9.08. The number of amides is 1. The Morgan fingerprint density at radius 2 is 2.08 bits per heavy atom. The summed E-state index contributed by atoms with van der Waals surface area (Å²) in [5.41, 5.74) is 1.69. The maximum atomic E-state index is 12.9. The zero-order valence-corrected chi connectivity index (χ0v) is 15.5. The summed E-state index contributed by atoms with van der Waals surface area (Å²) in [6.45, 7) is 7.33. The minimum atomic E-state index is -0.0584. The Kier molecular flexibility index (Phi) is 7.42. The van der Waals surface area contributed by atoms with Crippen molar-refractivity contribution in [2.45, 2.75) is 32.7 Å². The molecule has 1 aromatic carbocycles. The summed E-state index contributed by atoms with van der Waals surface area (Å²) in [6, 6.07) is 9.63. The van der Waals surface area contributed by atoms with Gasteiger partial charge in [-0.15, -0.1) is 0 Å². The molecule has 1 aliphatic heterocycles. The molecule has 2 atom stereocenters. The van der Waals surface area contributed by atoms with E-state index in [1.54, 1.807) is 7.11 Å². The van der Waals surface area contributed by atoms with Crippen LogP contribution in [-0.4, -0.2) is 44.2 Å². The predicted molar refractivity (Wildman–Crippen MR) is 97.9 cm³/mol. The Balaban J connectivity index is 2.11. The molecule has 0 bridgehead atoms. The minimum Gasteiger partial charge on any atom is -0.383 e. The molecule has 5 heteroatoms. The van der Waals surface area contributed by atoms with Crippen molar-refractivity contribution in [3.05, 3.63) is 35.4 Å². The number of nitriles is 1. The molecule has 1 N–H and O–H groups in total. The lowest BCUT2D eigenvalue weighted by atomic mass is 9.91. The molecule has 0 unspecified atom stereocenters. The van der Waals surface area contributed by atoms with Crippen LogP contribution in [0.15, 0.2) is 24.3 Å². The Bertz CT molecular complexity index is 592. The molecule has 0 aliphatic carbocycles. The van der Waals surface area contributed by atoms with E-state index < -0.39 is 0 Å². The highest BCUT2D eigenvalue weighted by molar-refractivity contribution is 5.81. The highest BCUT2D eigenvalue weighted by Gasteiger charge is 2.37. The second-order valence-electron chi connectivity index (χ2n) is 7.06. The van der Waals surface area contributed by atoms with Crippen molar-refractivity contribution in [1.29, 1.82) is 5.26 Å². The average Bonchev–Trinajstić information content (AvgIpc) is 2.98. The first kappa shape index (κ1) is 19.4. The van der Waals surface area contributed by atoms with Gasteiger partial charge in [-0.05, 0) is 36.5 Å². The standard InChI is InChI=1S/C20H29N3O2/c1-15(2)8-11-23-12-9-18(20(23)24)19(22-10-13-25-3)17-6-4-16(14-21)5-7-17/h4-7,15,18-19,22H,8-13H2,1-3H3/t18-,19+/m0/s1. The van der Waals surface area contributed by atoms with Crippen LogP contribution >= 0.6 is 0 Å². The Morgan fingerprint density at radius 3 is 2.68 bits per heavy atom. The molecule has 25 heavy (non-hydrogen) atoms. The Hall–Kier alpha value is -1.90. The van der Waals surface area contributed by atoms with E-state index in [-0.39, 0.29) is 17.9 Å². The van der Waals surface area contributed by atoms with Crippen LogP contribution in [0.4, 0.5) is 0 Å². The lowest BCUT2D eigenvalue weighted by Crippen LogP contribution is -2.36. The maximum absolute atomic E-state index is 12.9. The van der Waals surface area contributed by atoms with Gasteiger partial charge in [0.15, 0.2) is 0 Å². The van der Waals surface area contributed by atoms with Crippen molar-refractivity contribution in [3.8, 4) is 6.07 Å². The predicted octanol–water partition coefficient (Wildman–Crippen LogP) is 2.73. The van der Waals surface area contributed by atoms with E-state index in [2.05, 4.69) is 25.2 Å². The fraction of sp³-hybridized carbons (Fsp3) is 0.600. The summed E-state index contributed by atoms with van der Waals surface area (Å²) in [6.07, 6.45) is 1.90. The van der Waals surface area contributed by atoms with E-state index in [0.29, 0.717) is 24.6 Å². The molecule has 1 aliphatic rings. The summed E-state index contributed by atoms with van der Waals surface area (Å²) < 4.78 is 5.14. The molecule has 5 nitrogen and oxygen atoms in total. The largest absolute Gasteiger partial charge is 0.383 e. The normalized spacial score (nSPS) is 18.6. The van der Waals surface area contributed by atoms with Crippen LogP contribution in [0.2, 0.25) is 0 Å². The number of nitrogens with zero attached hydrogens (tertiary/aromatic N) is 2. The Morgan fingerprint density at radius 1 is 1.36 bits per heavy atom. The molecule has 0 radical (unpaired) electrons. The molecule has 1 aromatic rings. The fourth-order valence-corrected chi connectivity index (χ4v) is 3.28. The van der Waals surface area contributed by atoms with E-state index in [4.69, 9.17) is 10.00 Å². The van der Waals surface area contributed by atoms with Gasteiger partial charge < -0.3 is 15.0 Å². The number of likely N-dealkylation sites (tertiary alicyclic amines) is 1. The zero-order chi connectivity index (χ0) is 18.2. The topological polar surface area (TPSA) is 65.4 Å². The van der Waals surface area contributed by atoms with Crippen molar-refractivity contribution < 1.29 is 9.53 Å². The number of carbonyl (C=O) groups is 1. The molecule has 136 valence electrons. The van der Waals surface area contributed by atoms with E-state index in [1.807, 2.05) is 29.2 Å². The number of methoxy groups -OCH3 is 1. The number of hydrogen-bond donors (Lipinski definition) is 1. The van der Waals surface area contributed by atoms with Crippen molar-refractivity contribution in [2.75, 3.05) is 33.4 Å². The van der Waals surface area contributed by atoms with Crippen molar-refractivity contribution >= 4 is 5.91 Å². The summed E-state index contributed by atoms with van der Waals surface area (Å²) in [7, 11) is 1.67. The third kappa shape index (κ3) is 5.29. The zero-order valence-electron chi connectivity index (χ0n) is 15.5. The van der Waals surface area contributed by atoms with Gasteiger partial charge in [-0.3, -0.25) is 4.79 Å². The number of nitrogens with one attached hydrogen (secondary N) is 1. The van der Waals surface area contributed by atoms with E-state index >= 15 is 0 Å². The monoisotopic (exact) mass is 343 g/mol. The van der Waals surface area contributed by atoms with E-state index in [9.17, 15) is 4.79 Å². The maximum Gasteiger partial charge on any atom is 0.227 e. The molecule has 1 heterocycles. The Labute approximate surface area is 151 Å². The van der Waals surface area contributed by atoms with Crippen LogP contribution in [0.1, 0.15) is 43.9 Å². The van der Waals surface area contributed by atoms with Crippen LogP contribution in [0.5, 0.6) is 0 Å². The second kappa shape index (κ2) is 9.55. The first-order valence-corrected chi connectivity index (χ1v) is 9.08. The van der Waals surface area contributed by atoms with Crippen LogP contribution in [0.25, 0.3) is 0 Å². The summed E-state index contributed by atoms with van der Waals surface area (Å²) in [5, 5.41) is 12.5. The molecule has 1 fully saturated rings. The lowest BCUT2D eigenvalue weighted by molar-refractivity contribution is -0.132. The number of benzene rings is 1. The van der Waals surface area contributed by atoms with Crippen molar-refractivity contribution in [2.24, 2.45) is 11.8 Å². The van der Waals surface area contributed by atoms with Crippen LogP contribution in [-0.2, 0) is 9.53 Å². The molecule has 1 amide bonds. The molecule has 1 saturated heterocycles. The van der Waals surface area contributed by atoms with Crippen molar-refractivity contribution in [3.63, 3.8) is 0 Å². The van der Waals surface area contributed by atoms with Crippen LogP contribution in [0.3, 0.4) is 0 Å². The third-order valence-corrected chi connectivity index (χ3v) is 4.79. The molecule has 0 aromatic heterocycles. The van der Waals surface area contributed by atoms with Crippen LogP contribution in [0, 0.1) is 23.2 Å². The summed E-state index contributed by atoms with van der Waals surface area (Å²) in [5.74, 6) is 0.776. The lowest BCUT2D eigenvalue weighted by Gasteiger charge is -2.25. The van der Waals surface area contributed by atoms with Gasteiger partial charge in [-0.1, -0.05) is 26.0 Å².